The number of aryl methyl sites for hydroxylation is 1. The first-order valence-corrected chi connectivity index (χ1v) is 6.44. The quantitative estimate of drug-likeness (QED) is 0.786. The number of benzene rings is 1. The van der Waals surface area contributed by atoms with Crippen molar-refractivity contribution in [2.75, 3.05) is 6.54 Å². The average Bonchev–Trinajstić information content (AvgIpc) is 2.71. The van der Waals surface area contributed by atoms with Gasteiger partial charge in [0, 0.05) is 12.5 Å². The van der Waals surface area contributed by atoms with E-state index in [1.165, 1.54) is 11.1 Å². The van der Waals surface area contributed by atoms with Crippen molar-refractivity contribution in [2.45, 2.75) is 44.3 Å². The minimum atomic E-state index is -4.01. The summed E-state index contributed by atoms with van der Waals surface area (Å²) in [7, 11) is 0. The van der Waals surface area contributed by atoms with Gasteiger partial charge in [-0.05, 0) is 43.4 Å². The average molecular weight is 257 g/mol. The van der Waals surface area contributed by atoms with Crippen LogP contribution in [0.2, 0.25) is 0 Å². The lowest BCUT2D eigenvalue weighted by Gasteiger charge is -2.14. The normalized spacial score (nSPS) is 18.9. The molecule has 0 aromatic heterocycles. The third-order valence-electron chi connectivity index (χ3n) is 3.41. The van der Waals surface area contributed by atoms with Gasteiger partial charge in [0.05, 0.1) is 0 Å². The van der Waals surface area contributed by atoms with Crippen molar-refractivity contribution >= 4 is 0 Å². The first kappa shape index (κ1) is 13.4. The lowest BCUT2D eigenvalue weighted by Crippen LogP contribution is -2.20. The highest BCUT2D eigenvalue weighted by Crippen LogP contribution is 2.30. The Bertz CT molecular complexity index is 387. The number of alkyl halides is 3. The molecule has 1 aromatic carbocycles. The maximum absolute atomic E-state index is 12.0. The van der Waals surface area contributed by atoms with Crippen LogP contribution in [0.25, 0.3) is 0 Å². The Morgan fingerprint density at radius 1 is 1.17 bits per heavy atom. The van der Waals surface area contributed by atoms with Gasteiger partial charge >= 0.3 is 6.18 Å². The molecule has 0 bridgehead atoms. The Balaban J connectivity index is 1.70. The molecule has 0 spiro atoms. The fourth-order valence-electron chi connectivity index (χ4n) is 2.50. The lowest BCUT2D eigenvalue weighted by molar-refractivity contribution is -0.135. The SMILES string of the molecule is FC(F)(F)CCCCNC1CCc2ccccc21. The second-order valence-electron chi connectivity index (χ2n) is 4.82. The fourth-order valence-corrected chi connectivity index (χ4v) is 2.50. The van der Waals surface area contributed by atoms with E-state index >= 15 is 0 Å². The minimum absolute atomic E-state index is 0.213. The van der Waals surface area contributed by atoms with Crippen LogP contribution in [-0.2, 0) is 6.42 Å². The third kappa shape index (κ3) is 3.73. The highest BCUT2D eigenvalue weighted by molar-refractivity contribution is 5.34. The van der Waals surface area contributed by atoms with Gasteiger partial charge in [0.15, 0.2) is 0 Å². The van der Waals surface area contributed by atoms with Crippen LogP contribution in [0.15, 0.2) is 24.3 Å². The predicted molar refractivity (Wildman–Crippen MR) is 65.4 cm³/mol. The van der Waals surface area contributed by atoms with E-state index in [2.05, 4.69) is 17.4 Å². The van der Waals surface area contributed by atoms with Crippen LogP contribution >= 0.6 is 0 Å². The van der Waals surface area contributed by atoms with Crippen LogP contribution in [0.4, 0.5) is 13.2 Å². The van der Waals surface area contributed by atoms with E-state index in [0.29, 0.717) is 19.0 Å². The summed E-state index contributed by atoms with van der Waals surface area (Å²) in [5, 5.41) is 3.36. The molecule has 100 valence electrons. The highest BCUT2D eigenvalue weighted by atomic mass is 19.4. The second kappa shape index (κ2) is 5.74. The number of fused-ring (bicyclic) bond motifs is 1. The number of hydrogen-bond acceptors (Lipinski definition) is 1. The lowest BCUT2D eigenvalue weighted by atomic mass is 10.1. The van der Waals surface area contributed by atoms with E-state index in [4.69, 9.17) is 0 Å². The van der Waals surface area contributed by atoms with Crippen LogP contribution in [0.1, 0.15) is 42.9 Å². The zero-order valence-corrected chi connectivity index (χ0v) is 10.3. The highest BCUT2D eigenvalue weighted by Gasteiger charge is 2.26. The molecule has 1 aliphatic carbocycles. The molecule has 0 fully saturated rings. The Labute approximate surface area is 105 Å². The molecular formula is C14H18F3N. The van der Waals surface area contributed by atoms with E-state index in [-0.39, 0.29) is 6.42 Å². The van der Waals surface area contributed by atoms with Gasteiger partial charge in [-0.3, -0.25) is 0 Å². The number of hydrogen-bond donors (Lipinski definition) is 1. The summed E-state index contributed by atoms with van der Waals surface area (Å²) in [5.41, 5.74) is 2.68. The molecule has 1 atom stereocenters. The van der Waals surface area contributed by atoms with Gasteiger partial charge in [-0.15, -0.1) is 0 Å². The Kier molecular flexibility index (Phi) is 4.27. The summed E-state index contributed by atoms with van der Waals surface area (Å²) in [6, 6.07) is 8.61. The monoisotopic (exact) mass is 257 g/mol. The topological polar surface area (TPSA) is 12.0 Å². The summed E-state index contributed by atoms with van der Waals surface area (Å²) < 4.78 is 35.9. The van der Waals surface area contributed by atoms with Crippen molar-refractivity contribution < 1.29 is 13.2 Å². The predicted octanol–water partition coefficient (Wildman–Crippen LogP) is 4.00. The van der Waals surface area contributed by atoms with Crippen molar-refractivity contribution in [1.29, 1.82) is 0 Å². The second-order valence-corrected chi connectivity index (χ2v) is 4.82. The number of unbranched alkanes of at least 4 members (excludes halogenated alkanes) is 1. The minimum Gasteiger partial charge on any atom is -0.310 e. The van der Waals surface area contributed by atoms with Crippen LogP contribution in [0.3, 0.4) is 0 Å². The molecule has 4 heteroatoms. The van der Waals surface area contributed by atoms with Gasteiger partial charge in [0.25, 0.3) is 0 Å². The van der Waals surface area contributed by atoms with Crippen LogP contribution in [0.5, 0.6) is 0 Å². The smallest absolute Gasteiger partial charge is 0.310 e. The summed E-state index contributed by atoms with van der Waals surface area (Å²) in [5.74, 6) is 0. The Morgan fingerprint density at radius 2 is 1.94 bits per heavy atom. The molecule has 0 saturated heterocycles. The fraction of sp³-hybridized carbons (Fsp3) is 0.571. The van der Waals surface area contributed by atoms with E-state index < -0.39 is 12.6 Å². The standard InChI is InChI=1S/C14H18F3N/c15-14(16,17)9-3-4-10-18-13-8-7-11-5-1-2-6-12(11)13/h1-2,5-6,13,18H,3-4,7-10H2. The van der Waals surface area contributed by atoms with Crippen molar-refractivity contribution in [3.05, 3.63) is 35.4 Å². The molecule has 0 heterocycles. The summed E-state index contributed by atoms with van der Waals surface area (Å²) in [4.78, 5) is 0. The maximum Gasteiger partial charge on any atom is 0.389 e. The summed E-state index contributed by atoms with van der Waals surface area (Å²) in [6.07, 6.45) is -1.77. The molecule has 1 aromatic rings. The molecule has 1 unspecified atom stereocenters. The van der Waals surface area contributed by atoms with Gasteiger partial charge in [-0.2, -0.15) is 13.2 Å². The number of nitrogens with one attached hydrogen (secondary N) is 1. The Morgan fingerprint density at radius 3 is 2.72 bits per heavy atom. The molecule has 0 saturated carbocycles. The molecule has 1 nitrogen and oxygen atoms in total. The largest absolute Gasteiger partial charge is 0.389 e. The zero-order valence-electron chi connectivity index (χ0n) is 10.3. The van der Waals surface area contributed by atoms with Crippen molar-refractivity contribution in [1.82, 2.24) is 5.32 Å². The van der Waals surface area contributed by atoms with E-state index in [1.54, 1.807) is 0 Å². The van der Waals surface area contributed by atoms with Gasteiger partial charge in [-0.25, -0.2) is 0 Å². The number of halogens is 3. The third-order valence-corrected chi connectivity index (χ3v) is 3.41. The molecular weight excluding hydrogens is 239 g/mol. The first-order valence-electron chi connectivity index (χ1n) is 6.44. The first-order chi connectivity index (χ1) is 8.56. The summed E-state index contributed by atoms with van der Waals surface area (Å²) in [6.45, 7) is 0.662. The molecule has 18 heavy (non-hydrogen) atoms. The van der Waals surface area contributed by atoms with E-state index in [0.717, 1.165) is 12.8 Å². The van der Waals surface area contributed by atoms with Gasteiger partial charge in [-0.1, -0.05) is 24.3 Å². The number of rotatable bonds is 5. The van der Waals surface area contributed by atoms with Gasteiger partial charge in [0.1, 0.15) is 0 Å². The Hall–Kier alpha value is -1.03. The molecule has 0 amide bonds. The summed E-state index contributed by atoms with van der Waals surface area (Å²) >= 11 is 0. The van der Waals surface area contributed by atoms with Crippen molar-refractivity contribution in [3.8, 4) is 0 Å². The molecule has 0 aliphatic heterocycles. The maximum atomic E-state index is 12.0. The van der Waals surface area contributed by atoms with Crippen LogP contribution < -0.4 is 5.32 Å². The molecule has 1 N–H and O–H groups in total. The van der Waals surface area contributed by atoms with Crippen LogP contribution in [-0.4, -0.2) is 12.7 Å². The van der Waals surface area contributed by atoms with Crippen molar-refractivity contribution in [3.63, 3.8) is 0 Å². The van der Waals surface area contributed by atoms with Crippen molar-refractivity contribution in [2.24, 2.45) is 0 Å². The zero-order chi connectivity index (χ0) is 13.0. The molecule has 0 radical (unpaired) electrons. The van der Waals surface area contributed by atoms with E-state index in [1.807, 2.05) is 12.1 Å². The van der Waals surface area contributed by atoms with E-state index in [9.17, 15) is 13.2 Å². The molecule has 2 rings (SSSR count). The molecule has 1 aliphatic rings. The van der Waals surface area contributed by atoms with Crippen LogP contribution in [0, 0.1) is 0 Å². The van der Waals surface area contributed by atoms with Gasteiger partial charge in [0.2, 0.25) is 0 Å². The van der Waals surface area contributed by atoms with Gasteiger partial charge < -0.3 is 5.32 Å².